The van der Waals surface area contributed by atoms with Crippen LogP contribution in [0.3, 0.4) is 0 Å². The van der Waals surface area contributed by atoms with Crippen LogP contribution in [0.2, 0.25) is 0 Å². The van der Waals surface area contributed by atoms with Gasteiger partial charge in [0.2, 0.25) is 17.7 Å². The van der Waals surface area contributed by atoms with Gasteiger partial charge in [-0.15, -0.1) is 0 Å². The van der Waals surface area contributed by atoms with Gasteiger partial charge in [0, 0.05) is 0 Å². The molecule has 7 heteroatoms. The summed E-state index contributed by atoms with van der Waals surface area (Å²) in [6.07, 6.45) is 7.11. The van der Waals surface area contributed by atoms with Gasteiger partial charge in [-0.3, -0.25) is 14.4 Å². The Hall–Kier alpha value is -2.41. The summed E-state index contributed by atoms with van der Waals surface area (Å²) in [5, 5.41) is 10.1. The highest BCUT2D eigenvalue weighted by atomic mass is 16.3. The fourth-order valence-corrected chi connectivity index (χ4v) is 0.597. The van der Waals surface area contributed by atoms with E-state index >= 15 is 0 Å². The van der Waals surface area contributed by atoms with Crippen LogP contribution >= 0.6 is 0 Å². The van der Waals surface area contributed by atoms with E-state index in [1.54, 1.807) is 12.2 Å². The van der Waals surface area contributed by atoms with Gasteiger partial charge in [-0.2, -0.15) is 0 Å². The van der Waals surface area contributed by atoms with E-state index in [0.29, 0.717) is 6.42 Å². The maximum Gasteiger partial charge on any atom is 0.245 e. The number of aliphatic hydroxyl groups excluding tert-OH is 1. The number of hydrogen-bond acceptors (Lipinski definition) is 4. The molecule has 0 spiro atoms. The average molecular weight is 255 g/mol. The van der Waals surface area contributed by atoms with Crippen LogP contribution in [-0.4, -0.2) is 29.6 Å². The van der Waals surface area contributed by atoms with Gasteiger partial charge in [0.1, 0.15) is 6.73 Å². The minimum Gasteiger partial charge on any atom is -0.376 e. The number of carbonyl (C=O) groups excluding carboxylic acids is 3. The first kappa shape index (κ1) is 18.0. The molecule has 0 aliphatic rings. The molecule has 100 valence electrons. The Balaban J connectivity index is 0. The molecule has 0 rings (SSSR count). The van der Waals surface area contributed by atoms with Gasteiger partial charge < -0.3 is 21.9 Å². The lowest BCUT2D eigenvalue weighted by Crippen LogP contribution is -2.20. The molecule has 0 unspecified atom stereocenters. The second-order valence-electron chi connectivity index (χ2n) is 2.75. The number of carbonyl (C=O) groups is 3. The molecule has 0 saturated heterocycles. The van der Waals surface area contributed by atoms with Crippen molar-refractivity contribution >= 4 is 17.7 Å². The van der Waals surface area contributed by atoms with Crippen molar-refractivity contribution < 1.29 is 19.5 Å². The van der Waals surface area contributed by atoms with Gasteiger partial charge >= 0.3 is 0 Å². The minimum absolute atomic E-state index is 0.329. The predicted molar refractivity (Wildman–Crippen MR) is 66.7 cm³/mol. The molecule has 0 radical (unpaired) electrons. The molecular weight excluding hydrogens is 238 g/mol. The van der Waals surface area contributed by atoms with Gasteiger partial charge in [0.25, 0.3) is 0 Å². The van der Waals surface area contributed by atoms with Gasteiger partial charge in [0.05, 0.1) is 0 Å². The lowest BCUT2D eigenvalue weighted by molar-refractivity contribution is -0.117. The Morgan fingerprint density at radius 1 is 1.11 bits per heavy atom. The quantitative estimate of drug-likeness (QED) is 0.346. The molecule has 7 nitrogen and oxygen atoms in total. The summed E-state index contributed by atoms with van der Waals surface area (Å²) in [5.74, 6) is -1.36. The highest BCUT2D eigenvalue weighted by Gasteiger charge is 1.84. The first-order chi connectivity index (χ1) is 8.43. The third-order valence-corrected chi connectivity index (χ3v) is 1.28. The zero-order valence-corrected chi connectivity index (χ0v) is 9.83. The zero-order valence-electron chi connectivity index (χ0n) is 9.83. The van der Waals surface area contributed by atoms with Crippen LogP contribution in [0.4, 0.5) is 0 Å². The van der Waals surface area contributed by atoms with E-state index in [2.05, 4.69) is 11.9 Å². The molecule has 0 bridgehead atoms. The smallest absolute Gasteiger partial charge is 0.245 e. The van der Waals surface area contributed by atoms with Crippen molar-refractivity contribution in [3.05, 3.63) is 37.0 Å². The van der Waals surface area contributed by atoms with Crippen LogP contribution in [0.5, 0.6) is 0 Å². The van der Waals surface area contributed by atoms with Crippen molar-refractivity contribution in [3.63, 3.8) is 0 Å². The first-order valence-corrected chi connectivity index (χ1v) is 4.87. The summed E-state index contributed by atoms with van der Waals surface area (Å²) >= 11 is 0. The number of amides is 3. The van der Waals surface area contributed by atoms with Crippen LogP contribution in [0.1, 0.15) is 6.42 Å². The largest absolute Gasteiger partial charge is 0.376 e. The van der Waals surface area contributed by atoms with Crippen LogP contribution in [0, 0.1) is 0 Å². The fourth-order valence-electron chi connectivity index (χ4n) is 0.597. The molecule has 0 heterocycles. The van der Waals surface area contributed by atoms with E-state index in [0.717, 1.165) is 6.08 Å². The van der Waals surface area contributed by atoms with Crippen LogP contribution < -0.4 is 16.8 Å². The van der Waals surface area contributed by atoms with E-state index < -0.39 is 11.8 Å². The predicted octanol–water partition coefficient (Wildman–Crippen LogP) is -1.30. The van der Waals surface area contributed by atoms with Crippen LogP contribution in [-0.2, 0) is 14.4 Å². The number of hydrogen-bond donors (Lipinski definition) is 4. The van der Waals surface area contributed by atoms with Crippen molar-refractivity contribution in [2.75, 3.05) is 6.73 Å². The first-order valence-electron chi connectivity index (χ1n) is 4.87. The summed E-state index contributed by atoms with van der Waals surface area (Å²) in [5.41, 5.74) is 9.59. The maximum absolute atomic E-state index is 10.1. The molecule has 6 N–H and O–H groups in total. The number of primary amides is 2. The lowest BCUT2D eigenvalue weighted by Gasteiger charge is -1.89. The molecule has 3 amide bonds. The highest BCUT2D eigenvalue weighted by Crippen LogP contribution is 1.84. The number of nitrogens with two attached hydrogens (primary N) is 2. The zero-order chi connectivity index (χ0) is 14.4. The normalized spacial score (nSPS) is 9.61. The molecule has 0 aliphatic carbocycles. The lowest BCUT2D eigenvalue weighted by atomic mass is 10.3. The number of nitrogens with one attached hydrogen (secondary N) is 1. The standard InChI is InChI=1S/C7H10N2O2.C4H7NO2/c8-6(10)4-2-1-3-5-7(9)11;1-2-4(7)5-3-6/h2-5H,1H2,(H2,8,10)(H2,9,11);2,6H,1,3H2,(H,5,7). The van der Waals surface area contributed by atoms with Gasteiger partial charge in [-0.25, -0.2) is 0 Å². The number of rotatable bonds is 6. The Morgan fingerprint density at radius 2 is 1.56 bits per heavy atom. The number of allylic oxidation sites excluding steroid dienone is 2. The van der Waals surface area contributed by atoms with E-state index in [1.807, 2.05) is 0 Å². The third-order valence-electron chi connectivity index (χ3n) is 1.28. The average Bonchev–Trinajstić information content (AvgIpc) is 2.29. The Morgan fingerprint density at radius 3 is 1.78 bits per heavy atom. The molecule has 0 atom stereocenters. The van der Waals surface area contributed by atoms with E-state index in [1.165, 1.54) is 12.2 Å². The van der Waals surface area contributed by atoms with E-state index in [9.17, 15) is 14.4 Å². The summed E-state index contributed by atoms with van der Waals surface area (Å²) in [7, 11) is 0. The second kappa shape index (κ2) is 12.7. The Kier molecular flexibility index (Phi) is 12.6. The van der Waals surface area contributed by atoms with Crippen molar-refractivity contribution in [1.82, 2.24) is 5.32 Å². The molecule has 0 aromatic carbocycles. The summed E-state index contributed by atoms with van der Waals surface area (Å²) < 4.78 is 0. The molecule has 0 aromatic heterocycles. The van der Waals surface area contributed by atoms with Crippen molar-refractivity contribution in [1.29, 1.82) is 0 Å². The molecule has 0 saturated carbocycles. The van der Waals surface area contributed by atoms with Crippen LogP contribution in [0.15, 0.2) is 37.0 Å². The maximum atomic E-state index is 10.1. The molecule has 18 heavy (non-hydrogen) atoms. The molecule has 0 aliphatic heterocycles. The second-order valence-corrected chi connectivity index (χ2v) is 2.75. The minimum atomic E-state index is -0.502. The molecule has 0 fully saturated rings. The Bertz CT molecular complexity index is 326. The molecule has 0 aromatic rings. The third kappa shape index (κ3) is 19.2. The van der Waals surface area contributed by atoms with Crippen LogP contribution in [0.25, 0.3) is 0 Å². The molecular formula is C11H17N3O4. The topological polar surface area (TPSA) is 136 Å². The van der Waals surface area contributed by atoms with Crippen molar-refractivity contribution in [2.24, 2.45) is 11.5 Å². The summed E-state index contributed by atoms with van der Waals surface area (Å²) in [6.45, 7) is 2.83. The van der Waals surface area contributed by atoms with Crippen molar-refractivity contribution in [3.8, 4) is 0 Å². The monoisotopic (exact) mass is 255 g/mol. The van der Waals surface area contributed by atoms with Gasteiger partial charge in [-0.1, -0.05) is 18.7 Å². The van der Waals surface area contributed by atoms with Crippen molar-refractivity contribution in [2.45, 2.75) is 6.42 Å². The SMILES string of the molecule is C=CC(=O)NCO.NC(=O)C=CCC=CC(N)=O. The number of aliphatic hydroxyl groups is 1. The summed E-state index contributed by atoms with van der Waals surface area (Å²) in [4.78, 5) is 30.3. The Labute approximate surface area is 105 Å². The highest BCUT2D eigenvalue weighted by molar-refractivity contribution is 5.87. The van der Waals surface area contributed by atoms with E-state index in [-0.39, 0.29) is 12.6 Å². The van der Waals surface area contributed by atoms with E-state index in [4.69, 9.17) is 16.6 Å². The van der Waals surface area contributed by atoms with Gasteiger partial charge in [0.15, 0.2) is 0 Å². The van der Waals surface area contributed by atoms with Gasteiger partial charge in [-0.05, 0) is 24.6 Å². The summed E-state index contributed by atoms with van der Waals surface area (Å²) in [6, 6.07) is 0. The fraction of sp³-hybridized carbons (Fsp3) is 0.182.